The fourth-order valence-electron chi connectivity index (χ4n) is 3.07. The normalized spacial score (nSPS) is 10.6. The molecule has 0 aliphatic carbocycles. The Morgan fingerprint density at radius 3 is 2.53 bits per heavy atom. The zero-order valence-electron chi connectivity index (χ0n) is 17.8. The van der Waals surface area contributed by atoms with Gasteiger partial charge in [-0.25, -0.2) is 4.98 Å². The molecule has 0 unspecified atom stereocenters. The molecular weight excluding hydrogens is 440 g/mol. The number of hydrogen-bond donors (Lipinski definition) is 7. The highest BCUT2D eigenvalue weighted by Gasteiger charge is 2.19. The molecule has 172 valence electrons. The first kappa shape index (κ1) is 22.0. The second-order valence-corrected chi connectivity index (χ2v) is 7.09. The van der Waals surface area contributed by atoms with Gasteiger partial charge in [0.25, 0.3) is 11.8 Å². The summed E-state index contributed by atoms with van der Waals surface area (Å²) < 4.78 is 11.7. The Morgan fingerprint density at radius 2 is 1.82 bits per heavy atom. The van der Waals surface area contributed by atoms with Crippen molar-refractivity contribution in [2.24, 2.45) is 17.2 Å². The van der Waals surface area contributed by atoms with Crippen LogP contribution in [0.3, 0.4) is 0 Å². The number of amides is 1. The minimum Gasteiger partial charge on any atom is -0.436 e. The Kier molecular flexibility index (Phi) is 5.66. The smallest absolute Gasteiger partial charge is 0.327 e. The maximum Gasteiger partial charge on any atom is 0.327 e. The monoisotopic (exact) mass is 460 g/mol. The van der Waals surface area contributed by atoms with E-state index in [9.17, 15) is 4.79 Å². The van der Waals surface area contributed by atoms with E-state index in [1.54, 1.807) is 31.2 Å². The number of anilines is 1. The number of H-pyrrole nitrogens is 1. The molecule has 0 fully saturated rings. The van der Waals surface area contributed by atoms with E-state index < -0.39 is 5.91 Å². The molecule has 13 nitrogen and oxygen atoms in total. The molecule has 0 radical (unpaired) electrons. The number of imidazole rings is 1. The number of rotatable bonds is 7. The highest BCUT2D eigenvalue weighted by atomic mass is 16.5. The van der Waals surface area contributed by atoms with Crippen molar-refractivity contribution in [2.45, 2.75) is 6.92 Å². The van der Waals surface area contributed by atoms with E-state index in [-0.39, 0.29) is 40.6 Å². The van der Waals surface area contributed by atoms with Gasteiger partial charge in [0.15, 0.2) is 11.6 Å². The maximum absolute atomic E-state index is 11.9. The highest BCUT2D eigenvalue weighted by Crippen LogP contribution is 2.32. The number of nitrogens with one attached hydrogen (secondary N) is 4. The predicted molar refractivity (Wildman–Crippen MR) is 125 cm³/mol. The molecule has 0 aliphatic rings. The Morgan fingerprint density at radius 1 is 1.03 bits per heavy atom. The van der Waals surface area contributed by atoms with Crippen molar-refractivity contribution in [1.29, 1.82) is 10.8 Å². The SMILES string of the molecule is Cc1nc2nc(Oc3cccc(NC(=N)N)c3)nc(Oc3cc(C(=N)N)ccc3C(N)=O)c2[nH]1. The molecule has 0 saturated carbocycles. The summed E-state index contributed by atoms with van der Waals surface area (Å²) in [5.74, 6) is -0.202. The van der Waals surface area contributed by atoms with E-state index in [0.29, 0.717) is 28.3 Å². The molecule has 1 amide bonds. The fraction of sp³-hybridized carbons (Fsp3) is 0.0476. The lowest BCUT2D eigenvalue weighted by molar-refractivity contribution is 0.0998. The van der Waals surface area contributed by atoms with E-state index in [0.717, 1.165) is 0 Å². The van der Waals surface area contributed by atoms with Crippen molar-refractivity contribution in [3.8, 4) is 23.4 Å². The molecule has 10 N–H and O–H groups in total. The summed E-state index contributed by atoms with van der Waals surface area (Å²) in [6.07, 6.45) is 0. The molecule has 34 heavy (non-hydrogen) atoms. The first-order chi connectivity index (χ1) is 16.2. The third kappa shape index (κ3) is 4.67. The number of guanidine groups is 1. The van der Waals surface area contributed by atoms with Gasteiger partial charge in [0, 0.05) is 17.3 Å². The van der Waals surface area contributed by atoms with Crippen LogP contribution in [0.5, 0.6) is 23.4 Å². The van der Waals surface area contributed by atoms with E-state index in [2.05, 4.69) is 25.3 Å². The Labute approximate surface area is 192 Å². The lowest BCUT2D eigenvalue weighted by Gasteiger charge is -2.12. The summed E-state index contributed by atoms with van der Waals surface area (Å²) in [5.41, 5.74) is 18.0. The van der Waals surface area contributed by atoms with Crippen LogP contribution in [0.1, 0.15) is 21.7 Å². The lowest BCUT2D eigenvalue weighted by atomic mass is 10.1. The number of nitrogens with zero attached hydrogens (tertiary/aromatic N) is 3. The minimum absolute atomic E-state index is 0.0156. The Bertz CT molecular complexity index is 1450. The number of nitrogens with two attached hydrogens (primary N) is 3. The van der Waals surface area contributed by atoms with Gasteiger partial charge in [-0.05, 0) is 31.2 Å². The Hall–Kier alpha value is -5.20. The predicted octanol–water partition coefficient (Wildman–Crippen LogP) is 1.93. The molecule has 2 aromatic carbocycles. The van der Waals surface area contributed by atoms with Gasteiger partial charge >= 0.3 is 6.01 Å². The molecule has 2 heterocycles. The third-order valence-corrected chi connectivity index (χ3v) is 4.50. The van der Waals surface area contributed by atoms with E-state index in [1.165, 1.54) is 18.2 Å². The number of amidine groups is 1. The number of hydrogen-bond acceptors (Lipinski definition) is 8. The molecular formula is C21H20N10O3. The molecule has 0 saturated heterocycles. The second kappa shape index (κ2) is 8.74. The van der Waals surface area contributed by atoms with Crippen LogP contribution in [-0.4, -0.2) is 37.6 Å². The number of carbonyl (C=O) groups is 1. The Balaban J connectivity index is 1.76. The summed E-state index contributed by atoms with van der Waals surface area (Å²) in [4.78, 5) is 27.9. The minimum atomic E-state index is -0.734. The standard InChI is InChI=1S/C21H20N10O3/c1-9-27-15-18(28-9)30-21(33-12-4-2-3-11(8-12)29-20(25)26)31-19(15)34-14-7-10(16(22)23)5-6-13(14)17(24)32/h2-8H,1H3,(H3,22,23)(H2,24,32)(H4,25,26,29)(H,27,28,30,31). The van der Waals surface area contributed by atoms with Crippen molar-refractivity contribution in [3.05, 3.63) is 59.4 Å². The topological polar surface area (TPSA) is 228 Å². The molecule has 0 bridgehead atoms. The van der Waals surface area contributed by atoms with E-state index in [1.807, 2.05) is 0 Å². The summed E-state index contributed by atoms with van der Waals surface area (Å²) in [6.45, 7) is 1.73. The van der Waals surface area contributed by atoms with Gasteiger partial charge in [-0.15, -0.1) is 0 Å². The number of aromatic amines is 1. The lowest BCUT2D eigenvalue weighted by Crippen LogP contribution is -2.20. The summed E-state index contributed by atoms with van der Waals surface area (Å²) in [5, 5.41) is 17.7. The van der Waals surface area contributed by atoms with Gasteiger partial charge in [0.2, 0.25) is 0 Å². The molecule has 13 heteroatoms. The first-order valence-electron chi connectivity index (χ1n) is 9.79. The van der Waals surface area contributed by atoms with Crippen LogP contribution in [-0.2, 0) is 0 Å². The van der Waals surface area contributed by atoms with E-state index >= 15 is 0 Å². The van der Waals surface area contributed by atoms with Gasteiger partial charge in [0.1, 0.15) is 28.7 Å². The number of aromatic nitrogens is 4. The molecule has 4 aromatic rings. The van der Waals surface area contributed by atoms with Crippen molar-refractivity contribution >= 4 is 34.6 Å². The second-order valence-electron chi connectivity index (χ2n) is 7.09. The zero-order chi connectivity index (χ0) is 24.4. The van der Waals surface area contributed by atoms with Crippen molar-refractivity contribution in [1.82, 2.24) is 19.9 Å². The van der Waals surface area contributed by atoms with E-state index in [4.69, 9.17) is 37.5 Å². The van der Waals surface area contributed by atoms with Crippen LogP contribution < -0.4 is 32.0 Å². The first-order valence-corrected chi connectivity index (χ1v) is 9.79. The summed E-state index contributed by atoms with van der Waals surface area (Å²) in [6, 6.07) is 10.9. The van der Waals surface area contributed by atoms with Crippen molar-refractivity contribution in [2.75, 3.05) is 5.32 Å². The van der Waals surface area contributed by atoms with Crippen LogP contribution in [0.2, 0.25) is 0 Å². The number of ether oxygens (including phenoxy) is 2. The molecule has 0 aliphatic heterocycles. The third-order valence-electron chi connectivity index (χ3n) is 4.50. The van der Waals surface area contributed by atoms with Crippen LogP contribution in [0.15, 0.2) is 42.5 Å². The van der Waals surface area contributed by atoms with Gasteiger partial charge in [-0.3, -0.25) is 15.6 Å². The largest absolute Gasteiger partial charge is 0.436 e. The van der Waals surface area contributed by atoms with Crippen molar-refractivity contribution < 1.29 is 14.3 Å². The number of primary amides is 1. The van der Waals surface area contributed by atoms with Gasteiger partial charge in [0.05, 0.1) is 5.56 Å². The molecule has 0 spiro atoms. The molecule has 0 atom stereocenters. The van der Waals surface area contributed by atoms with Crippen LogP contribution in [0, 0.1) is 17.7 Å². The molecule has 2 aromatic heterocycles. The molecule has 4 rings (SSSR count). The number of fused-ring (bicyclic) bond motifs is 1. The summed E-state index contributed by atoms with van der Waals surface area (Å²) >= 11 is 0. The van der Waals surface area contributed by atoms with Crippen LogP contribution in [0.25, 0.3) is 11.2 Å². The van der Waals surface area contributed by atoms with Gasteiger partial charge in [-0.1, -0.05) is 12.1 Å². The average Bonchev–Trinajstić information content (AvgIpc) is 3.13. The number of carbonyl (C=O) groups excluding carboxylic acids is 1. The quantitative estimate of drug-likeness (QED) is 0.157. The maximum atomic E-state index is 11.9. The van der Waals surface area contributed by atoms with Crippen LogP contribution >= 0.6 is 0 Å². The zero-order valence-corrected chi connectivity index (χ0v) is 17.8. The van der Waals surface area contributed by atoms with Crippen molar-refractivity contribution in [3.63, 3.8) is 0 Å². The highest BCUT2D eigenvalue weighted by molar-refractivity contribution is 6.00. The van der Waals surface area contributed by atoms with Crippen LogP contribution in [0.4, 0.5) is 5.69 Å². The average molecular weight is 460 g/mol. The fourth-order valence-corrected chi connectivity index (χ4v) is 3.07. The number of nitrogen functional groups attached to an aromatic ring is 1. The number of benzene rings is 2. The number of aryl methyl sites for hydroxylation is 1. The summed E-state index contributed by atoms with van der Waals surface area (Å²) in [7, 11) is 0. The van der Waals surface area contributed by atoms with Gasteiger partial charge < -0.3 is 37.0 Å². The van der Waals surface area contributed by atoms with Gasteiger partial charge in [-0.2, -0.15) is 9.97 Å².